The Morgan fingerprint density at radius 1 is 1.50 bits per heavy atom. The third kappa shape index (κ3) is 3.79. The molecular formula is C10H16N2O3S. The average molecular weight is 244 g/mol. The van der Waals surface area contributed by atoms with Crippen LogP contribution in [0.4, 0.5) is 5.69 Å². The monoisotopic (exact) mass is 244 g/mol. The first-order chi connectivity index (χ1) is 7.44. The number of hydrogen-bond donors (Lipinski definition) is 1. The highest BCUT2D eigenvalue weighted by atomic mass is 32.2. The third-order valence-corrected chi connectivity index (χ3v) is 3.19. The smallest absolute Gasteiger partial charge is 0.149 e. The van der Waals surface area contributed by atoms with Crippen LogP contribution in [0.25, 0.3) is 0 Å². The van der Waals surface area contributed by atoms with Gasteiger partial charge in [-0.3, -0.25) is 4.98 Å². The van der Waals surface area contributed by atoms with Crippen molar-refractivity contribution in [1.82, 2.24) is 4.98 Å². The molecular weight excluding hydrogens is 228 g/mol. The second-order valence-electron chi connectivity index (χ2n) is 3.71. The molecule has 0 aliphatic rings. The number of anilines is 1. The van der Waals surface area contributed by atoms with Crippen molar-refractivity contribution >= 4 is 15.5 Å². The minimum atomic E-state index is -2.97. The number of nitrogens with zero attached hydrogens (tertiary/aromatic N) is 2. The Labute approximate surface area is 95.7 Å². The summed E-state index contributed by atoms with van der Waals surface area (Å²) in [6.07, 6.45) is 4.42. The van der Waals surface area contributed by atoms with Crippen LogP contribution in [0.5, 0.6) is 0 Å². The Bertz CT molecular complexity index is 445. The summed E-state index contributed by atoms with van der Waals surface area (Å²) in [5, 5.41) is 9.12. The summed E-state index contributed by atoms with van der Waals surface area (Å²) in [4.78, 5) is 5.73. The molecule has 90 valence electrons. The van der Waals surface area contributed by atoms with Gasteiger partial charge < -0.3 is 10.0 Å². The Hall–Kier alpha value is -1.14. The van der Waals surface area contributed by atoms with Crippen molar-refractivity contribution < 1.29 is 13.5 Å². The summed E-state index contributed by atoms with van der Waals surface area (Å²) >= 11 is 0. The van der Waals surface area contributed by atoms with E-state index < -0.39 is 9.84 Å². The maximum Gasteiger partial charge on any atom is 0.149 e. The lowest BCUT2D eigenvalue weighted by Gasteiger charge is -2.20. The maximum atomic E-state index is 11.0. The van der Waals surface area contributed by atoms with Crippen LogP contribution in [0.2, 0.25) is 0 Å². The van der Waals surface area contributed by atoms with E-state index in [4.69, 9.17) is 5.11 Å². The quantitative estimate of drug-likeness (QED) is 0.792. The van der Waals surface area contributed by atoms with E-state index in [-0.39, 0.29) is 12.4 Å². The van der Waals surface area contributed by atoms with Gasteiger partial charge in [0.05, 0.1) is 24.2 Å². The molecule has 5 nitrogen and oxygen atoms in total. The number of rotatable bonds is 5. The largest absolute Gasteiger partial charge is 0.392 e. The zero-order chi connectivity index (χ0) is 12.2. The average Bonchev–Trinajstić information content (AvgIpc) is 2.25. The maximum absolute atomic E-state index is 11.0. The number of aliphatic hydroxyl groups excluding tert-OH is 1. The summed E-state index contributed by atoms with van der Waals surface area (Å²) in [6.45, 7) is 0.304. The van der Waals surface area contributed by atoms with Crippen molar-refractivity contribution in [3.05, 3.63) is 24.0 Å². The molecule has 0 unspecified atom stereocenters. The molecule has 0 amide bonds. The Balaban J connectivity index is 2.76. The molecule has 0 bridgehead atoms. The predicted octanol–water partition coefficient (Wildman–Crippen LogP) is 0.0547. The standard InChI is InChI=1S/C10H16N2O3S/c1-12(5-6-16(2,14)15)10-7-11-4-3-9(10)8-13/h3-4,7,13H,5-6,8H2,1-2H3. The van der Waals surface area contributed by atoms with Crippen molar-refractivity contribution in [2.45, 2.75) is 6.61 Å². The first-order valence-electron chi connectivity index (χ1n) is 4.86. The second-order valence-corrected chi connectivity index (χ2v) is 5.97. The van der Waals surface area contributed by atoms with Gasteiger partial charge >= 0.3 is 0 Å². The van der Waals surface area contributed by atoms with Crippen molar-refractivity contribution in [3.8, 4) is 0 Å². The van der Waals surface area contributed by atoms with Crippen LogP contribution in [0.3, 0.4) is 0 Å². The van der Waals surface area contributed by atoms with Crippen LogP contribution in [0.1, 0.15) is 5.56 Å². The topological polar surface area (TPSA) is 70.5 Å². The van der Waals surface area contributed by atoms with E-state index in [2.05, 4.69) is 4.98 Å². The molecule has 1 heterocycles. The van der Waals surface area contributed by atoms with Crippen molar-refractivity contribution in [1.29, 1.82) is 0 Å². The fourth-order valence-electron chi connectivity index (χ4n) is 1.32. The Morgan fingerprint density at radius 2 is 2.19 bits per heavy atom. The summed E-state index contributed by atoms with van der Waals surface area (Å²) in [6, 6.07) is 1.71. The van der Waals surface area contributed by atoms with E-state index >= 15 is 0 Å². The van der Waals surface area contributed by atoms with E-state index in [0.717, 1.165) is 11.3 Å². The Morgan fingerprint density at radius 3 is 2.75 bits per heavy atom. The van der Waals surface area contributed by atoms with E-state index in [1.807, 2.05) is 0 Å². The molecule has 6 heteroatoms. The van der Waals surface area contributed by atoms with Crippen LogP contribution in [0, 0.1) is 0 Å². The number of aromatic nitrogens is 1. The zero-order valence-corrected chi connectivity index (χ0v) is 10.2. The van der Waals surface area contributed by atoms with Gasteiger partial charge in [-0.05, 0) is 6.07 Å². The van der Waals surface area contributed by atoms with Crippen molar-refractivity contribution in [2.24, 2.45) is 0 Å². The summed E-state index contributed by atoms with van der Waals surface area (Å²) < 4.78 is 22.1. The molecule has 1 aromatic heterocycles. The van der Waals surface area contributed by atoms with E-state index in [1.165, 1.54) is 6.26 Å². The second kappa shape index (κ2) is 5.27. The number of hydrogen-bond acceptors (Lipinski definition) is 5. The fraction of sp³-hybridized carbons (Fsp3) is 0.500. The van der Waals surface area contributed by atoms with Gasteiger partial charge in [0, 0.05) is 31.6 Å². The van der Waals surface area contributed by atoms with Gasteiger partial charge in [0.2, 0.25) is 0 Å². The molecule has 0 radical (unpaired) electrons. The predicted molar refractivity (Wildman–Crippen MR) is 63.1 cm³/mol. The lowest BCUT2D eigenvalue weighted by atomic mass is 10.2. The molecule has 0 saturated carbocycles. The van der Waals surface area contributed by atoms with Crippen LogP contribution in [-0.4, -0.2) is 44.1 Å². The number of aliphatic hydroxyl groups is 1. The van der Waals surface area contributed by atoms with Gasteiger partial charge in [-0.15, -0.1) is 0 Å². The van der Waals surface area contributed by atoms with Crippen LogP contribution in [-0.2, 0) is 16.4 Å². The molecule has 0 spiro atoms. The highest BCUT2D eigenvalue weighted by Crippen LogP contribution is 2.17. The van der Waals surface area contributed by atoms with Gasteiger partial charge in [-0.25, -0.2) is 8.42 Å². The van der Waals surface area contributed by atoms with Crippen molar-refractivity contribution in [3.63, 3.8) is 0 Å². The van der Waals surface area contributed by atoms with Crippen LogP contribution in [0.15, 0.2) is 18.5 Å². The normalized spacial score (nSPS) is 11.4. The molecule has 0 saturated heterocycles. The van der Waals surface area contributed by atoms with Gasteiger partial charge in [0.25, 0.3) is 0 Å². The van der Waals surface area contributed by atoms with E-state index in [0.29, 0.717) is 6.54 Å². The molecule has 0 aromatic carbocycles. The highest BCUT2D eigenvalue weighted by Gasteiger charge is 2.09. The summed E-state index contributed by atoms with van der Waals surface area (Å²) in [5.41, 5.74) is 1.50. The van der Waals surface area contributed by atoms with E-state index in [9.17, 15) is 8.42 Å². The minimum absolute atomic E-state index is 0.0823. The molecule has 1 aromatic rings. The first kappa shape index (κ1) is 12.9. The number of pyridine rings is 1. The summed E-state index contributed by atoms with van der Waals surface area (Å²) in [5.74, 6) is 0.0866. The van der Waals surface area contributed by atoms with E-state index in [1.54, 1.807) is 30.4 Å². The van der Waals surface area contributed by atoms with Crippen LogP contribution >= 0.6 is 0 Å². The molecule has 0 aliphatic heterocycles. The lowest BCUT2D eigenvalue weighted by Crippen LogP contribution is -2.25. The SMILES string of the molecule is CN(CCS(C)(=O)=O)c1cnccc1CO. The molecule has 1 N–H and O–H groups in total. The molecule has 16 heavy (non-hydrogen) atoms. The molecule has 0 fully saturated rings. The molecule has 1 rings (SSSR count). The van der Waals surface area contributed by atoms with Gasteiger partial charge in [0.1, 0.15) is 9.84 Å². The third-order valence-electron chi connectivity index (χ3n) is 2.27. The summed E-state index contributed by atoms with van der Waals surface area (Å²) in [7, 11) is -1.19. The number of sulfone groups is 1. The minimum Gasteiger partial charge on any atom is -0.392 e. The molecule has 0 atom stereocenters. The zero-order valence-electron chi connectivity index (χ0n) is 9.42. The van der Waals surface area contributed by atoms with Gasteiger partial charge in [0.15, 0.2) is 0 Å². The lowest BCUT2D eigenvalue weighted by molar-refractivity contribution is 0.282. The van der Waals surface area contributed by atoms with Crippen LogP contribution < -0.4 is 4.90 Å². The Kier molecular flexibility index (Phi) is 4.26. The first-order valence-corrected chi connectivity index (χ1v) is 6.92. The van der Waals surface area contributed by atoms with Crippen molar-refractivity contribution in [2.75, 3.05) is 30.5 Å². The van der Waals surface area contributed by atoms with Gasteiger partial charge in [-0.1, -0.05) is 0 Å². The molecule has 0 aliphatic carbocycles. The van der Waals surface area contributed by atoms with Gasteiger partial charge in [-0.2, -0.15) is 0 Å². The highest BCUT2D eigenvalue weighted by molar-refractivity contribution is 7.90. The fourth-order valence-corrected chi connectivity index (χ4v) is 1.92.